The number of halogens is 1. The van der Waals surface area contributed by atoms with Crippen LogP contribution in [0.1, 0.15) is 17.2 Å². The predicted octanol–water partition coefficient (Wildman–Crippen LogP) is 3.75. The summed E-state index contributed by atoms with van der Waals surface area (Å²) in [5, 5.41) is 10.1. The first-order chi connectivity index (χ1) is 9.83. The molecule has 1 atom stereocenters. The van der Waals surface area contributed by atoms with Crippen molar-refractivity contribution in [1.29, 1.82) is 0 Å². The van der Waals surface area contributed by atoms with Crippen molar-refractivity contribution < 1.29 is 4.39 Å². The molecule has 2 N–H and O–H groups in total. The van der Waals surface area contributed by atoms with Crippen molar-refractivity contribution in [3.05, 3.63) is 83.9 Å². The molecule has 1 heterocycles. The van der Waals surface area contributed by atoms with Crippen LogP contribution >= 0.6 is 0 Å². The number of anilines is 1. The minimum Gasteiger partial charge on any atom is -0.372 e. The lowest BCUT2D eigenvalue weighted by Crippen LogP contribution is -2.11. The molecule has 0 amide bonds. The molecule has 0 fully saturated rings. The topological polar surface area (TPSA) is 40.7 Å². The number of aromatic amines is 1. The molecule has 0 aliphatic heterocycles. The van der Waals surface area contributed by atoms with Gasteiger partial charge in [0.25, 0.3) is 0 Å². The van der Waals surface area contributed by atoms with E-state index in [0.717, 1.165) is 16.8 Å². The largest absolute Gasteiger partial charge is 0.372 e. The van der Waals surface area contributed by atoms with Crippen molar-refractivity contribution in [2.75, 3.05) is 5.32 Å². The van der Waals surface area contributed by atoms with E-state index in [0.29, 0.717) is 0 Å². The summed E-state index contributed by atoms with van der Waals surface area (Å²) in [5.74, 6) is -0.233. The van der Waals surface area contributed by atoms with Gasteiger partial charge < -0.3 is 5.32 Å². The molecule has 0 bridgehead atoms. The second-order valence-corrected chi connectivity index (χ2v) is 4.53. The second-order valence-electron chi connectivity index (χ2n) is 4.53. The molecule has 20 heavy (non-hydrogen) atoms. The van der Waals surface area contributed by atoms with E-state index in [2.05, 4.69) is 15.5 Å². The second kappa shape index (κ2) is 5.57. The molecule has 0 spiro atoms. The molecule has 0 saturated carbocycles. The van der Waals surface area contributed by atoms with Crippen molar-refractivity contribution in [2.45, 2.75) is 6.04 Å². The Labute approximate surface area is 116 Å². The molecule has 0 radical (unpaired) electrons. The first-order valence-corrected chi connectivity index (χ1v) is 6.38. The highest BCUT2D eigenvalue weighted by Crippen LogP contribution is 2.26. The molecule has 1 aromatic heterocycles. The van der Waals surface area contributed by atoms with Crippen LogP contribution < -0.4 is 5.32 Å². The average Bonchev–Trinajstić information content (AvgIpc) is 3.00. The molecule has 1 unspecified atom stereocenters. The summed E-state index contributed by atoms with van der Waals surface area (Å²) in [7, 11) is 0. The van der Waals surface area contributed by atoms with Crippen LogP contribution in [0.4, 0.5) is 10.1 Å². The summed E-state index contributed by atoms with van der Waals surface area (Å²) in [6.45, 7) is 0. The van der Waals surface area contributed by atoms with Gasteiger partial charge in [-0.2, -0.15) is 5.10 Å². The zero-order valence-corrected chi connectivity index (χ0v) is 10.8. The zero-order chi connectivity index (χ0) is 13.8. The minimum absolute atomic E-state index is 0.0469. The molecule has 3 aromatic rings. The number of benzene rings is 2. The summed E-state index contributed by atoms with van der Waals surface area (Å²) in [6, 6.07) is 16.5. The van der Waals surface area contributed by atoms with Gasteiger partial charge in [-0.25, -0.2) is 4.39 Å². The van der Waals surface area contributed by atoms with Crippen LogP contribution in [0, 0.1) is 5.82 Å². The van der Waals surface area contributed by atoms with Gasteiger partial charge in [-0.3, -0.25) is 5.10 Å². The lowest BCUT2D eigenvalue weighted by atomic mass is 9.98. The fourth-order valence-electron chi connectivity index (χ4n) is 2.16. The summed E-state index contributed by atoms with van der Waals surface area (Å²) in [4.78, 5) is 0. The maximum Gasteiger partial charge on any atom is 0.123 e. The fourth-order valence-corrected chi connectivity index (χ4v) is 2.16. The Kier molecular flexibility index (Phi) is 3.46. The minimum atomic E-state index is -0.233. The molecule has 3 nitrogen and oxygen atoms in total. The Morgan fingerprint density at radius 1 is 0.950 bits per heavy atom. The Morgan fingerprint density at radius 2 is 1.65 bits per heavy atom. The third-order valence-electron chi connectivity index (χ3n) is 3.15. The van der Waals surface area contributed by atoms with E-state index in [9.17, 15) is 4.39 Å². The summed E-state index contributed by atoms with van der Waals surface area (Å²) in [6.07, 6.45) is 3.51. The van der Waals surface area contributed by atoms with Crippen molar-refractivity contribution in [3.8, 4) is 0 Å². The highest BCUT2D eigenvalue weighted by molar-refractivity contribution is 5.46. The SMILES string of the molecule is Fc1ccc(C(Nc2cn[nH]c2)c2ccccc2)cc1. The zero-order valence-electron chi connectivity index (χ0n) is 10.8. The Morgan fingerprint density at radius 3 is 2.30 bits per heavy atom. The summed E-state index contributed by atoms with van der Waals surface area (Å²) < 4.78 is 13.1. The van der Waals surface area contributed by atoms with Crippen LogP contribution in [-0.4, -0.2) is 10.2 Å². The van der Waals surface area contributed by atoms with Crippen molar-refractivity contribution in [1.82, 2.24) is 10.2 Å². The standard InChI is InChI=1S/C16H14FN3/c17-14-8-6-13(7-9-14)16(12-4-2-1-3-5-12)20-15-10-18-19-11-15/h1-11,16,20H,(H,18,19). The molecule has 0 aliphatic rings. The van der Waals surface area contributed by atoms with Gasteiger partial charge in [-0.05, 0) is 23.3 Å². The summed E-state index contributed by atoms with van der Waals surface area (Å²) >= 11 is 0. The fraction of sp³-hybridized carbons (Fsp3) is 0.0625. The van der Waals surface area contributed by atoms with Gasteiger partial charge in [0.15, 0.2) is 0 Å². The van der Waals surface area contributed by atoms with Gasteiger partial charge in [-0.15, -0.1) is 0 Å². The van der Waals surface area contributed by atoms with E-state index in [1.54, 1.807) is 24.5 Å². The van der Waals surface area contributed by atoms with E-state index in [-0.39, 0.29) is 11.9 Å². The highest BCUT2D eigenvalue weighted by atomic mass is 19.1. The van der Waals surface area contributed by atoms with Crippen molar-refractivity contribution in [2.24, 2.45) is 0 Å². The van der Waals surface area contributed by atoms with E-state index in [1.165, 1.54) is 12.1 Å². The van der Waals surface area contributed by atoms with Crippen LogP contribution in [-0.2, 0) is 0 Å². The van der Waals surface area contributed by atoms with Gasteiger partial charge in [0.05, 0.1) is 17.9 Å². The average molecular weight is 267 g/mol. The van der Waals surface area contributed by atoms with Crippen molar-refractivity contribution >= 4 is 5.69 Å². The third-order valence-corrected chi connectivity index (χ3v) is 3.15. The smallest absolute Gasteiger partial charge is 0.123 e. The number of hydrogen-bond acceptors (Lipinski definition) is 2. The summed E-state index contributed by atoms with van der Waals surface area (Å²) in [5.41, 5.74) is 3.00. The van der Waals surface area contributed by atoms with E-state index in [1.807, 2.05) is 30.3 Å². The Bertz CT molecular complexity index is 648. The monoisotopic (exact) mass is 267 g/mol. The quantitative estimate of drug-likeness (QED) is 0.755. The van der Waals surface area contributed by atoms with Crippen molar-refractivity contribution in [3.63, 3.8) is 0 Å². The number of rotatable bonds is 4. The van der Waals surface area contributed by atoms with Crippen LogP contribution in [0.25, 0.3) is 0 Å². The number of hydrogen-bond donors (Lipinski definition) is 2. The molecular weight excluding hydrogens is 253 g/mol. The number of H-pyrrole nitrogens is 1. The van der Waals surface area contributed by atoms with Gasteiger partial charge in [0.2, 0.25) is 0 Å². The van der Waals surface area contributed by atoms with Gasteiger partial charge in [0, 0.05) is 6.20 Å². The van der Waals surface area contributed by atoms with E-state index in [4.69, 9.17) is 0 Å². The normalized spacial score (nSPS) is 12.1. The maximum absolute atomic E-state index is 13.1. The number of nitrogens with one attached hydrogen (secondary N) is 2. The number of nitrogens with zero attached hydrogens (tertiary/aromatic N) is 1. The molecule has 0 saturated heterocycles. The van der Waals surface area contributed by atoms with Gasteiger partial charge in [-0.1, -0.05) is 42.5 Å². The van der Waals surface area contributed by atoms with Gasteiger partial charge >= 0.3 is 0 Å². The predicted molar refractivity (Wildman–Crippen MR) is 76.9 cm³/mol. The van der Waals surface area contributed by atoms with Crippen LogP contribution in [0.15, 0.2) is 67.0 Å². The van der Waals surface area contributed by atoms with Crippen LogP contribution in [0.5, 0.6) is 0 Å². The van der Waals surface area contributed by atoms with E-state index >= 15 is 0 Å². The Hall–Kier alpha value is -2.62. The molecule has 3 rings (SSSR count). The molecular formula is C16H14FN3. The highest BCUT2D eigenvalue weighted by Gasteiger charge is 2.14. The molecule has 100 valence electrons. The molecule has 0 aliphatic carbocycles. The molecule has 4 heteroatoms. The number of aromatic nitrogens is 2. The first kappa shape index (κ1) is 12.4. The third kappa shape index (κ3) is 2.69. The van der Waals surface area contributed by atoms with Crippen LogP contribution in [0.2, 0.25) is 0 Å². The van der Waals surface area contributed by atoms with Gasteiger partial charge in [0.1, 0.15) is 5.82 Å². The first-order valence-electron chi connectivity index (χ1n) is 6.38. The van der Waals surface area contributed by atoms with E-state index < -0.39 is 0 Å². The lowest BCUT2D eigenvalue weighted by molar-refractivity contribution is 0.626. The molecule has 2 aromatic carbocycles. The Balaban J connectivity index is 1.97. The van der Waals surface area contributed by atoms with Crippen LogP contribution in [0.3, 0.4) is 0 Å². The lowest BCUT2D eigenvalue weighted by Gasteiger charge is -2.20. The maximum atomic E-state index is 13.1.